The molecule has 102 valence electrons. The molecule has 4 nitrogen and oxygen atoms in total. The third-order valence-corrected chi connectivity index (χ3v) is 3.68. The zero-order valence-corrected chi connectivity index (χ0v) is 11.4. The van der Waals surface area contributed by atoms with Crippen LogP contribution in [-0.2, 0) is 19.6 Å². The highest BCUT2D eigenvalue weighted by molar-refractivity contribution is 5.94. The maximum Gasteiger partial charge on any atom is 0.251 e. The first-order valence-electron chi connectivity index (χ1n) is 6.74. The fourth-order valence-corrected chi connectivity index (χ4v) is 2.41. The molecule has 2 aromatic rings. The number of benzene rings is 1. The highest BCUT2D eigenvalue weighted by Gasteiger charge is 2.13. The molecule has 0 saturated carbocycles. The highest BCUT2D eigenvalue weighted by atomic mass is 16.1. The highest BCUT2D eigenvalue weighted by Crippen LogP contribution is 2.17. The van der Waals surface area contributed by atoms with E-state index in [1.54, 1.807) is 6.20 Å². The van der Waals surface area contributed by atoms with Crippen molar-refractivity contribution in [2.75, 3.05) is 0 Å². The van der Waals surface area contributed by atoms with Crippen molar-refractivity contribution in [2.45, 2.75) is 26.6 Å². The minimum atomic E-state index is -0.0316. The van der Waals surface area contributed by atoms with E-state index in [4.69, 9.17) is 0 Å². The van der Waals surface area contributed by atoms with Crippen LogP contribution >= 0.6 is 0 Å². The lowest BCUT2D eigenvalue weighted by atomic mass is 10.1. The summed E-state index contributed by atoms with van der Waals surface area (Å²) in [5.74, 6) is -0.0316. The Morgan fingerprint density at radius 3 is 3.00 bits per heavy atom. The molecule has 0 radical (unpaired) electrons. The molecule has 1 aromatic heterocycles. The molecule has 2 N–H and O–H groups in total. The summed E-state index contributed by atoms with van der Waals surface area (Å²) in [5, 5.41) is 6.24. The van der Waals surface area contributed by atoms with Gasteiger partial charge in [-0.2, -0.15) is 0 Å². The summed E-state index contributed by atoms with van der Waals surface area (Å²) in [5.41, 5.74) is 5.41. The Balaban J connectivity index is 1.69. The first-order valence-corrected chi connectivity index (χ1v) is 6.74. The van der Waals surface area contributed by atoms with Gasteiger partial charge in [0.1, 0.15) is 0 Å². The number of nitrogens with one attached hydrogen (secondary N) is 2. The van der Waals surface area contributed by atoms with Crippen molar-refractivity contribution in [1.82, 2.24) is 15.6 Å². The van der Waals surface area contributed by atoms with E-state index in [9.17, 15) is 4.79 Å². The van der Waals surface area contributed by atoms with Crippen molar-refractivity contribution in [1.29, 1.82) is 0 Å². The Morgan fingerprint density at radius 2 is 2.15 bits per heavy atom. The number of aryl methyl sites for hydroxylation is 1. The van der Waals surface area contributed by atoms with E-state index in [2.05, 4.69) is 15.6 Å². The number of aromatic nitrogens is 1. The molecule has 1 aliphatic rings. The molecule has 0 unspecified atom stereocenters. The molecular formula is C16H17N3O. The van der Waals surface area contributed by atoms with Gasteiger partial charge in [0.25, 0.3) is 5.91 Å². The van der Waals surface area contributed by atoms with E-state index in [1.165, 1.54) is 11.1 Å². The lowest BCUT2D eigenvalue weighted by molar-refractivity contribution is 0.0951. The summed E-state index contributed by atoms with van der Waals surface area (Å²) in [7, 11) is 0. The number of carbonyl (C=O) groups is 1. The van der Waals surface area contributed by atoms with Gasteiger partial charge in [0.2, 0.25) is 0 Å². The first kappa shape index (κ1) is 12.8. The van der Waals surface area contributed by atoms with Gasteiger partial charge in [0, 0.05) is 37.6 Å². The van der Waals surface area contributed by atoms with Crippen LogP contribution in [0.1, 0.15) is 32.6 Å². The zero-order chi connectivity index (χ0) is 13.9. The predicted octanol–water partition coefficient (Wildman–Crippen LogP) is 1.92. The third kappa shape index (κ3) is 2.56. The van der Waals surface area contributed by atoms with Gasteiger partial charge in [0.05, 0.1) is 0 Å². The molecule has 0 aliphatic carbocycles. The van der Waals surface area contributed by atoms with Crippen molar-refractivity contribution < 1.29 is 4.79 Å². The van der Waals surface area contributed by atoms with Gasteiger partial charge in [-0.15, -0.1) is 0 Å². The average molecular weight is 267 g/mol. The van der Waals surface area contributed by atoms with Gasteiger partial charge < -0.3 is 10.6 Å². The number of pyridine rings is 1. The molecule has 1 amide bonds. The molecule has 0 saturated heterocycles. The standard InChI is InChI=1S/C16H17N3O/c1-11-7-17-5-4-13(11)10-19-16(20)12-2-3-14-8-18-9-15(14)6-12/h2-7,18H,8-10H2,1H3,(H,19,20). The molecule has 0 fully saturated rings. The van der Waals surface area contributed by atoms with E-state index in [-0.39, 0.29) is 5.91 Å². The van der Waals surface area contributed by atoms with Crippen molar-refractivity contribution in [3.63, 3.8) is 0 Å². The van der Waals surface area contributed by atoms with Gasteiger partial charge in [-0.05, 0) is 47.4 Å². The second kappa shape index (κ2) is 5.43. The quantitative estimate of drug-likeness (QED) is 0.893. The summed E-state index contributed by atoms with van der Waals surface area (Å²) in [6.07, 6.45) is 3.55. The Morgan fingerprint density at radius 1 is 1.30 bits per heavy atom. The van der Waals surface area contributed by atoms with Crippen LogP contribution in [0.5, 0.6) is 0 Å². The Kier molecular flexibility index (Phi) is 3.48. The maximum atomic E-state index is 12.2. The molecular weight excluding hydrogens is 250 g/mol. The van der Waals surface area contributed by atoms with Crippen LogP contribution in [0.2, 0.25) is 0 Å². The van der Waals surface area contributed by atoms with Crippen molar-refractivity contribution in [2.24, 2.45) is 0 Å². The van der Waals surface area contributed by atoms with Crippen molar-refractivity contribution in [3.05, 3.63) is 64.5 Å². The van der Waals surface area contributed by atoms with Crippen LogP contribution in [-0.4, -0.2) is 10.9 Å². The smallest absolute Gasteiger partial charge is 0.251 e. The van der Waals surface area contributed by atoms with E-state index in [0.29, 0.717) is 6.54 Å². The minimum absolute atomic E-state index is 0.0316. The van der Waals surface area contributed by atoms with Crippen LogP contribution in [0, 0.1) is 6.92 Å². The molecule has 0 spiro atoms. The molecule has 0 bridgehead atoms. The lowest BCUT2D eigenvalue weighted by Crippen LogP contribution is -2.23. The van der Waals surface area contributed by atoms with Gasteiger partial charge >= 0.3 is 0 Å². The number of hydrogen-bond donors (Lipinski definition) is 2. The Labute approximate surface area is 118 Å². The summed E-state index contributed by atoms with van der Waals surface area (Å²) in [6, 6.07) is 7.83. The van der Waals surface area contributed by atoms with Crippen LogP contribution in [0.3, 0.4) is 0 Å². The van der Waals surface area contributed by atoms with E-state index >= 15 is 0 Å². The number of amides is 1. The number of rotatable bonds is 3. The molecule has 2 heterocycles. The zero-order valence-electron chi connectivity index (χ0n) is 11.4. The number of fused-ring (bicyclic) bond motifs is 1. The SMILES string of the molecule is Cc1cnccc1CNC(=O)c1ccc2c(c1)CNC2. The average Bonchev–Trinajstić information content (AvgIpc) is 2.93. The normalized spacial score (nSPS) is 13.1. The van der Waals surface area contributed by atoms with Crippen molar-refractivity contribution in [3.8, 4) is 0 Å². The Hall–Kier alpha value is -2.20. The van der Waals surface area contributed by atoms with E-state index < -0.39 is 0 Å². The molecule has 4 heteroatoms. The lowest BCUT2D eigenvalue weighted by Gasteiger charge is -2.08. The van der Waals surface area contributed by atoms with Gasteiger partial charge in [-0.3, -0.25) is 9.78 Å². The molecule has 0 atom stereocenters. The molecule has 1 aromatic carbocycles. The summed E-state index contributed by atoms with van der Waals surface area (Å²) in [6.45, 7) is 4.27. The maximum absolute atomic E-state index is 12.2. The molecule has 20 heavy (non-hydrogen) atoms. The van der Waals surface area contributed by atoms with E-state index in [0.717, 1.165) is 29.8 Å². The molecule has 1 aliphatic heterocycles. The largest absolute Gasteiger partial charge is 0.348 e. The van der Waals surface area contributed by atoms with Gasteiger partial charge in [-0.1, -0.05) is 6.07 Å². The number of nitrogens with zero attached hydrogens (tertiary/aromatic N) is 1. The topological polar surface area (TPSA) is 54.0 Å². The van der Waals surface area contributed by atoms with Crippen LogP contribution in [0.15, 0.2) is 36.7 Å². The second-order valence-corrected chi connectivity index (χ2v) is 5.07. The Bertz CT molecular complexity index is 652. The van der Waals surface area contributed by atoms with E-state index in [1.807, 2.05) is 37.4 Å². The fraction of sp³-hybridized carbons (Fsp3) is 0.250. The van der Waals surface area contributed by atoms with Crippen LogP contribution in [0.4, 0.5) is 0 Å². The summed E-state index contributed by atoms with van der Waals surface area (Å²) >= 11 is 0. The summed E-state index contributed by atoms with van der Waals surface area (Å²) < 4.78 is 0. The number of carbonyl (C=O) groups excluding carboxylic acids is 1. The second-order valence-electron chi connectivity index (χ2n) is 5.07. The van der Waals surface area contributed by atoms with Crippen LogP contribution in [0.25, 0.3) is 0 Å². The predicted molar refractivity (Wildman–Crippen MR) is 77.1 cm³/mol. The minimum Gasteiger partial charge on any atom is -0.348 e. The molecule has 3 rings (SSSR count). The monoisotopic (exact) mass is 267 g/mol. The third-order valence-electron chi connectivity index (χ3n) is 3.68. The van der Waals surface area contributed by atoms with Gasteiger partial charge in [0.15, 0.2) is 0 Å². The van der Waals surface area contributed by atoms with Crippen molar-refractivity contribution >= 4 is 5.91 Å². The first-order chi connectivity index (χ1) is 9.74. The van der Waals surface area contributed by atoms with Crippen LogP contribution < -0.4 is 10.6 Å². The summed E-state index contributed by atoms with van der Waals surface area (Å²) in [4.78, 5) is 16.2. The van der Waals surface area contributed by atoms with Gasteiger partial charge in [-0.25, -0.2) is 0 Å². The fourth-order valence-electron chi connectivity index (χ4n) is 2.41. The number of hydrogen-bond acceptors (Lipinski definition) is 3.